The van der Waals surface area contributed by atoms with Crippen LogP contribution in [0.15, 0.2) is 65.7 Å². The number of ether oxygens (including phenoxy) is 1. The Hall–Kier alpha value is -2.69. The second-order valence-corrected chi connectivity index (χ2v) is 6.85. The third kappa shape index (κ3) is 4.18. The van der Waals surface area contributed by atoms with E-state index in [2.05, 4.69) is 34.2 Å². The third-order valence-corrected chi connectivity index (χ3v) is 5.05. The molecule has 1 aliphatic rings. The summed E-state index contributed by atoms with van der Waals surface area (Å²) in [5.41, 5.74) is 3.30. The zero-order valence-corrected chi connectivity index (χ0v) is 15.3. The van der Waals surface area contributed by atoms with Gasteiger partial charge in [-0.3, -0.25) is 9.89 Å². The Bertz CT molecular complexity index is 946. The summed E-state index contributed by atoms with van der Waals surface area (Å²) in [6.45, 7) is 5.09. The van der Waals surface area contributed by atoms with Gasteiger partial charge in [-0.05, 0) is 28.0 Å². The number of hydrogen-bond donors (Lipinski definition) is 1. The lowest BCUT2D eigenvalue weighted by molar-refractivity contribution is 0.0341. The van der Waals surface area contributed by atoms with Gasteiger partial charge in [0.05, 0.1) is 19.8 Å². The number of aromatic hydroxyl groups is 1. The van der Waals surface area contributed by atoms with Gasteiger partial charge < -0.3 is 9.84 Å². The van der Waals surface area contributed by atoms with E-state index < -0.39 is 0 Å². The van der Waals surface area contributed by atoms with Crippen LogP contribution in [0.3, 0.4) is 0 Å². The number of rotatable bonds is 5. The van der Waals surface area contributed by atoms with Crippen LogP contribution in [0.2, 0.25) is 0 Å². The maximum Gasteiger partial charge on any atom is 0.124 e. The number of fused-ring (bicyclic) bond motifs is 1. The van der Waals surface area contributed by atoms with E-state index in [4.69, 9.17) is 4.74 Å². The van der Waals surface area contributed by atoms with E-state index >= 15 is 0 Å². The predicted molar refractivity (Wildman–Crippen MR) is 109 cm³/mol. The number of hydrogen-bond acceptors (Lipinski definition) is 4. The van der Waals surface area contributed by atoms with Crippen LogP contribution in [0, 0.1) is 0 Å². The molecule has 0 spiro atoms. The first-order chi connectivity index (χ1) is 13.3. The fourth-order valence-corrected chi connectivity index (χ4v) is 3.52. The molecule has 4 heteroatoms. The minimum absolute atomic E-state index is 0.263. The average Bonchev–Trinajstić information content (AvgIpc) is 2.72. The topological polar surface area (TPSA) is 45.1 Å². The van der Waals surface area contributed by atoms with Crippen molar-refractivity contribution < 1.29 is 9.84 Å². The monoisotopic (exact) mass is 360 g/mol. The first kappa shape index (κ1) is 17.7. The van der Waals surface area contributed by atoms with Crippen molar-refractivity contribution >= 4 is 17.0 Å². The molecule has 0 unspecified atom stereocenters. The normalized spacial score (nSPS) is 15.6. The van der Waals surface area contributed by atoms with E-state index in [1.807, 2.05) is 30.3 Å². The van der Waals surface area contributed by atoms with Crippen molar-refractivity contribution in [1.82, 2.24) is 4.90 Å². The zero-order valence-electron chi connectivity index (χ0n) is 15.3. The van der Waals surface area contributed by atoms with Crippen LogP contribution in [0.25, 0.3) is 10.8 Å². The highest BCUT2D eigenvalue weighted by atomic mass is 16.5. The smallest absolute Gasteiger partial charge is 0.124 e. The van der Waals surface area contributed by atoms with Crippen molar-refractivity contribution in [3.63, 3.8) is 0 Å². The summed E-state index contributed by atoms with van der Waals surface area (Å²) in [5.74, 6) is 0.263. The number of benzene rings is 3. The second-order valence-electron chi connectivity index (χ2n) is 6.85. The van der Waals surface area contributed by atoms with E-state index in [1.165, 1.54) is 11.1 Å². The molecule has 0 aromatic heterocycles. The Labute approximate surface area is 159 Å². The van der Waals surface area contributed by atoms with Crippen LogP contribution >= 0.6 is 0 Å². The molecule has 27 heavy (non-hydrogen) atoms. The van der Waals surface area contributed by atoms with E-state index in [1.54, 1.807) is 12.3 Å². The van der Waals surface area contributed by atoms with Crippen molar-refractivity contribution in [2.24, 2.45) is 4.99 Å². The summed E-state index contributed by atoms with van der Waals surface area (Å²) in [4.78, 5) is 7.07. The van der Waals surface area contributed by atoms with E-state index in [-0.39, 0.29) is 5.75 Å². The molecule has 0 radical (unpaired) electrons. The summed E-state index contributed by atoms with van der Waals surface area (Å²) >= 11 is 0. The Morgan fingerprint density at radius 3 is 2.52 bits per heavy atom. The molecule has 4 nitrogen and oxygen atoms in total. The SMILES string of the molecule is Oc1ccc2ccccc2c1C=NCc1ccccc1CN1CCOCC1. The maximum absolute atomic E-state index is 10.3. The highest BCUT2D eigenvalue weighted by Gasteiger charge is 2.12. The number of morpholine rings is 1. The molecule has 1 aliphatic heterocycles. The molecular formula is C23H24N2O2. The minimum atomic E-state index is 0.263. The van der Waals surface area contributed by atoms with Crippen LogP contribution in [-0.4, -0.2) is 42.5 Å². The number of nitrogens with zero attached hydrogens (tertiary/aromatic N) is 2. The first-order valence-corrected chi connectivity index (χ1v) is 9.39. The Morgan fingerprint density at radius 2 is 1.67 bits per heavy atom. The van der Waals surface area contributed by atoms with Crippen LogP contribution in [0.5, 0.6) is 5.75 Å². The summed E-state index contributed by atoms with van der Waals surface area (Å²) in [5, 5.41) is 12.4. The standard InChI is InChI=1S/C23H24N2O2/c26-23-10-9-18-5-3-4-8-21(18)22(23)16-24-15-19-6-1-2-7-20(19)17-25-11-13-27-14-12-25/h1-10,16,26H,11-15,17H2. The van der Waals surface area contributed by atoms with Gasteiger partial charge >= 0.3 is 0 Å². The van der Waals surface area contributed by atoms with Gasteiger partial charge in [-0.15, -0.1) is 0 Å². The van der Waals surface area contributed by atoms with E-state index in [0.717, 1.165) is 49.2 Å². The lowest BCUT2D eigenvalue weighted by atomic mass is 10.0. The van der Waals surface area contributed by atoms with Gasteiger partial charge in [0.1, 0.15) is 5.75 Å². The molecule has 3 aromatic rings. The quantitative estimate of drug-likeness (QED) is 0.700. The van der Waals surface area contributed by atoms with Crippen molar-refractivity contribution in [2.75, 3.05) is 26.3 Å². The molecule has 3 aromatic carbocycles. The highest BCUT2D eigenvalue weighted by molar-refractivity contribution is 6.02. The van der Waals surface area contributed by atoms with E-state index in [0.29, 0.717) is 6.54 Å². The highest BCUT2D eigenvalue weighted by Crippen LogP contribution is 2.25. The minimum Gasteiger partial charge on any atom is -0.507 e. The second kappa shape index (κ2) is 8.33. The van der Waals surface area contributed by atoms with Gasteiger partial charge in [0.15, 0.2) is 0 Å². The molecule has 4 rings (SSSR count). The van der Waals surface area contributed by atoms with Crippen LogP contribution in [0.1, 0.15) is 16.7 Å². The van der Waals surface area contributed by atoms with Gasteiger partial charge in [0.2, 0.25) is 0 Å². The average molecular weight is 360 g/mol. The molecular weight excluding hydrogens is 336 g/mol. The summed E-state index contributed by atoms with van der Waals surface area (Å²) in [6, 6.07) is 20.2. The Balaban J connectivity index is 1.53. The molecule has 0 bridgehead atoms. The maximum atomic E-state index is 10.3. The largest absolute Gasteiger partial charge is 0.507 e. The van der Waals surface area contributed by atoms with Crippen molar-refractivity contribution in [2.45, 2.75) is 13.1 Å². The molecule has 1 N–H and O–H groups in total. The van der Waals surface area contributed by atoms with Crippen LogP contribution < -0.4 is 0 Å². The molecule has 1 saturated heterocycles. The van der Waals surface area contributed by atoms with Crippen LogP contribution in [-0.2, 0) is 17.8 Å². The van der Waals surface area contributed by atoms with Crippen molar-refractivity contribution in [1.29, 1.82) is 0 Å². The number of phenolic OH excluding ortho intramolecular Hbond substituents is 1. The fraction of sp³-hybridized carbons (Fsp3) is 0.261. The fourth-order valence-electron chi connectivity index (χ4n) is 3.52. The van der Waals surface area contributed by atoms with E-state index in [9.17, 15) is 5.11 Å². The molecule has 0 aliphatic carbocycles. The van der Waals surface area contributed by atoms with Gasteiger partial charge in [0, 0.05) is 31.4 Å². The number of phenols is 1. The van der Waals surface area contributed by atoms with Gasteiger partial charge in [-0.2, -0.15) is 0 Å². The van der Waals surface area contributed by atoms with Crippen molar-refractivity contribution in [3.8, 4) is 5.75 Å². The predicted octanol–water partition coefficient (Wildman–Crippen LogP) is 4.00. The number of aliphatic imine (C=N–C) groups is 1. The first-order valence-electron chi connectivity index (χ1n) is 9.39. The Morgan fingerprint density at radius 1 is 0.926 bits per heavy atom. The van der Waals surface area contributed by atoms with Gasteiger partial charge in [0.25, 0.3) is 0 Å². The lowest BCUT2D eigenvalue weighted by Crippen LogP contribution is -2.35. The van der Waals surface area contributed by atoms with Gasteiger partial charge in [-0.25, -0.2) is 0 Å². The molecule has 0 atom stereocenters. The van der Waals surface area contributed by atoms with Crippen molar-refractivity contribution in [3.05, 3.63) is 77.4 Å². The summed E-state index contributed by atoms with van der Waals surface area (Å²) in [6.07, 6.45) is 1.79. The molecule has 1 heterocycles. The molecule has 0 saturated carbocycles. The molecule has 1 fully saturated rings. The van der Waals surface area contributed by atoms with Gasteiger partial charge in [-0.1, -0.05) is 54.6 Å². The lowest BCUT2D eigenvalue weighted by Gasteiger charge is -2.27. The third-order valence-electron chi connectivity index (χ3n) is 5.05. The molecule has 138 valence electrons. The molecule has 0 amide bonds. The summed E-state index contributed by atoms with van der Waals surface area (Å²) in [7, 11) is 0. The Kier molecular flexibility index (Phi) is 5.47. The zero-order chi connectivity index (χ0) is 18.5. The van der Waals surface area contributed by atoms with Crippen LogP contribution in [0.4, 0.5) is 0 Å². The summed E-state index contributed by atoms with van der Waals surface area (Å²) < 4.78 is 5.44.